The number of carbonyl (C=O) groups is 2. The van der Waals surface area contributed by atoms with Crippen LogP contribution in [0.4, 0.5) is 5.00 Å². The molecular formula is C14H16N2O3S. The van der Waals surface area contributed by atoms with Gasteiger partial charge in [-0.2, -0.15) is 5.26 Å². The van der Waals surface area contributed by atoms with Gasteiger partial charge < -0.3 is 10.1 Å². The summed E-state index contributed by atoms with van der Waals surface area (Å²) in [4.78, 5) is 24.2. The van der Waals surface area contributed by atoms with E-state index >= 15 is 0 Å². The van der Waals surface area contributed by atoms with Crippen molar-refractivity contribution in [2.45, 2.75) is 27.2 Å². The molecule has 1 heterocycles. The number of anilines is 1. The first-order valence-electron chi connectivity index (χ1n) is 6.04. The van der Waals surface area contributed by atoms with Gasteiger partial charge in [0.05, 0.1) is 18.7 Å². The van der Waals surface area contributed by atoms with E-state index < -0.39 is 5.97 Å². The highest BCUT2D eigenvalue weighted by molar-refractivity contribution is 7.18. The molecule has 0 radical (unpaired) electrons. The molecule has 0 saturated carbocycles. The van der Waals surface area contributed by atoms with Crippen molar-refractivity contribution in [2.24, 2.45) is 0 Å². The van der Waals surface area contributed by atoms with Crippen LogP contribution in [0.3, 0.4) is 0 Å². The summed E-state index contributed by atoms with van der Waals surface area (Å²) >= 11 is 1.27. The Kier molecular flexibility index (Phi) is 5.47. The molecule has 1 amide bonds. The average molecular weight is 292 g/mol. The average Bonchev–Trinajstić information content (AvgIpc) is 2.75. The molecule has 0 aliphatic heterocycles. The highest BCUT2D eigenvalue weighted by atomic mass is 32.1. The molecule has 0 fully saturated rings. The largest absolute Gasteiger partial charge is 0.465 e. The summed E-state index contributed by atoms with van der Waals surface area (Å²) in [5, 5.41) is 11.9. The topological polar surface area (TPSA) is 79.2 Å². The lowest BCUT2D eigenvalue weighted by Gasteiger charge is -2.04. The minimum absolute atomic E-state index is 0.176. The Balaban J connectivity index is 3.39. The number of allylic oxidation sites excluding steroid dienone is 2. The van der Waals surface area contributed by atoms with E-state index in [2.05, 4.69) is 5.32 Å². The normalized spacial score (nSPS) is 10.8. The number of hydrogen-bond donors (Lipinski definition) is 1. The number of amides is 1. The van der Waals surface area contributed by atoms with Crippen molar-refractivity contribution in [3.63, 3.8) is 0 Å². The van der Waals surface area contributed by atoms with E-state index in [0.29, 0.717) is 22.5 Å². The summed E-state index contributed by atoms with van der Waals surface area (Å²) in [6.07, 6.45) is 1.73. The molecule has 20 heavy (non-hydrogen) atoms. The first-order chi connectivity index (χ1) is 9.46. The first-order valence-corrected chi connectivity index (χ1v) is 6.86. The lowest BCUT2D eigenvalue weighted by atomic mass is 10.1. The molecule has 1 N–H and O–H groups in total. The number of methoxy groups -OCH3 is 1. The number of ether oxygens (including phenoxy) is 1. The first kappa shape index (κ1) is 15.9. The molecule has 0 aromatic carbocycles. The van der Waals surface area contributed by atoms with E-state index in [-0.39, 0.29) is 5.91 Å². The number of thiophene rings is 1. The van der Waals surface area contributed by atoms with Gasteiger partial charge >= 0.3 is 5.97 Å². The Morgan fingerprint density at radius 3 is 2.65 bits per heavy atom. The zero-order valence-corrected chi connectivity index (χ0v) is 12.7. The van der Waals surface area contributed by atoms with Crippen LogP contribution in [0.2, 0.25) is 0 Å². The minimum atomic E-state index is -0.499. The van der Waals surface area contributed by atoms with Crippen LogP contribution in [0.25, 0.3) is 5.57 Å². The second-order valence-corrected chi connectivity index (χ2v) is 5.13. The molecule has 1 aromatic heterocycles. The summed E-state index contributed by atoms with van der Waals surface area (Å²) in [5.74, 6) is -0.675. The number of rotatable bonds is 4. The van der Waals surface area contributed by atoms with E-state index in [1.165, 1.54) is 24.5 Å². The van der Waals surface area contributed by atoms with Crippen LogP contribution in [-0.2, 0) is 9.53 Å². The van der Waals surface area contributed by atoms with Gasteiger partial charge in [0.25, 0.3) is 0 Å². The van der Waals surface area contributed by atoms with E-state index in [9.17, 15) is 9.59 Å². The van der Waals surface area contributed by atoms with Gasteiger partial charge in [-0.3, -0.25) is 4.79 Å². The Morgan fingerprint density at radius 1 is 1.50 bits per heavy atom. The number of nitriles is 1. The van der Waals surface area contributed by atoms with Crippen LogP contribution in [0.1, 0.15) is 41.1 Å². The smallest absolute Gasteiger partial charge is 0.341 e. The predicted octanol–water partition coefficient (Wildman–Crippen LogP) is 3.12. The third kappa shape index (κ3) is 3.25. The fourth-order valence-electron chi connectivity index (χ4n) is 1.70. The van der Waals surface area contributed by atoms with Gasteiger partial charge in [0, 0.05) is 17.4 Å². The third-order valence-corrected chi connectivity index (χ3v) is 4.09. The van der Waals surface area contributed by atoms with Gasteiger partial charge in [-0.05, 0) is 25.0 Å². The van der Waals surface area contributed by atoms with E-state index in [0.717, 1.165) is 10.5 Å². The van der Waals surface area contributed by atoms with Gasteiger partial charge in [-0.15, -0.1) is 11.3 Å². The molecule has 5 nitrogen and oxygen atoms in total. The third-order valence-electron chi connectivity index (χ3n) is 2.75. The zero-order valence-electron chi connectivity index (χ0n) is 11.9. The van der Waals surface area contributed by atoms with E-state index in [4.69, 9.17) is 10.00 Å². The summed E-state index contributed by atoms with van der Waals surface area (Å²) in [7, 11) is 1.29. The van der Waals surface area contributed by atoms with Gasteiger partial charge in [-0.1, -0.05) is 6.92 Å². The standard InChI is InChI=1S/C14H16N2O3S/c1-5-10(17)16-13-11(14(18)19-4)9(3)12(20-13)8(2)6-7-15/h6H,5H2,1-4H3,(H,16,17)/b8-6+. The Bertz CT molecular complexity index is 609. The van der Waals surface area contributed by atoms with Crippen molar-refractivity contribution in [1.29, 1.82) is 5.26 Å². The number of nitrogens with one attached hydrogen (secondary N) is 1. The molecule has 0 unspecified atom stereocenters. The maximum Gasteiger partial charge on any atom is 0.341 e. The fraction of sp³-hybridized carbons (Fsp3) is 0.357. The zero-order chi connectivity index (χ0) is 15.3. The van der Waals surface area contributed by atoms with Crippen molar-refractivity contribution in [1.82, 2.24) is 0 Å². The van der Waals surface area contributed by atoms with Crippen molar-refractivity contribution >= 4 is 33.8 Å². The van der Waals surface area contributed by atoms with E-state index in [1.54, 1.807) is 20.8 Å². The van der Waals surface area contributed by atoms with Crippen LogP contribution < -0.4 is 5.32 Å². The summed E-state index contributed by atoms with van der Waals surface area (Å²) in [5.41, 5.74) is 1.80. The summed E-state index contributed by atoms with van der Waals surface area (Å²) in [6, 6.07) is 1.96. The maximum atomic E-state index is 11.9. The minimum Gasteiger partial charge on any atom is -0.465 e. The van der Waals surface area contributed by atoms with Gasteiger partial charge in [0.1, 0.15) is 5.00 Å². The van der Waals surface area contributed by atoms with Crippen molar-refractivity contribution < 1.29 is 14.3 Å². The van der Waals surface area contributed by atoms with Crippen LogP contribution in [0, 0.1) is 18.3 Å². The highest BCUT2D eigenvalue weighted by Gasteiger charge is 2.23. The molecule has 0 atom stereocenters. The SMILES string of the molecule is CCC(=O)Nc1sc(/C(C)=C/C#N)c(C)c1C(=O)OC. The maximum absolute atomic E-state index is 11.9. The molecule has 0 aliphatic rings. The van der Waals surface area contributed by atoms with Crippen molar-refractivity contribution in [3.05, 3.63) is 22.1 Å². The fourth-order valence-corrected chi connectivity index (χ4v) is 2.89. The Morgan fingerprint density at radius 2 is 2.15 bits per heavy atom. The lowest BCUT2D eigenvalue weighted by Crippen LogP contribution is -2.12. The molecular weight excluding hydrogens is 276 g/mol. The van der Waals surface area contributed by atoms with Crippen LogP contribution in [0.5, 0.6) is 0 Å². The van der Waals surface area contributed by atoms with Crippen LogP contribution in [-0.4, -0.2) is 19.0 Å². The molecule has 1 rings (SSSR count). The predicted molar refractivity (Wildman–Crippen MR) is 78.6 cm³/mol. The monoisotopic (exact) mass is 292 g/mol. The quantitative estimate of drug-likeness (QED) is 0.683. The summed E-state index contributed by atoms with van der Waals surface area (Å²) < 4.78 is 4.76. The molecule has 0 spiro atoms. The molecule has 0 aliphatic carbocycles. The molecule has 0 bridgehead atoms. The number of nitrogens with zero attached hydrogens (tertiary/aromatic N) is 1. The Hall–Kier alpha value is -2.13. The Labute approximate surface area is 121 Å². The summed E-state index contributed by atoms with van der Waals surface area (Å²) in [6.45, 7) is 5.29. The van der Waals surface area contributed by atoms with Gasteiger partial charge in [-0.25, -0.2) is 4.79 Å². The lowest BCUT2D eigenvalue weighted by molar-refractivity contribution is -0.115. The molecule has 106 valence electrons. The second-order valence-electron chi connectivity index (χ2n) is 4.11. The number of esters is 1. The molecule has 1 aromatic rings. The molecule has 6 heteroatoms. The highest BCUT2D eigenvalue weighted by Crippen LogP contribution is 2.37. The van der Waals surface area contributed by atoms with Gasteiger partial charge in [0.15, 0.2) is 0 Å². The van der Waals surface area contributed by atoms with Crippen molar-refractivity contribution in [2.75, 3.05) is 12.4 Å². The van der Waals surface area contributed by atoms with Crippen LogP contribution in [0.15, 0.2) is 6.08 Å². The number of hydrogen-bond acceptors (Lipinski definition) is 5. The van der Waals surface area contributed by atoms with Crippen molar-refractivity contribution in [3.8, 4) is 6.07 Å². The van der Waals surface area contributed by atoms with E-state index in [1.807, 2.05) is 6.07 Å². The van der Waals surface area contributed by atoms with Gasteiger partial charge in [0.2, 0.25) is 5.91 Å². The number of carbonyl (C=O) groups excluding carboxylic acids is 2. The second kappa shape index (κ2) is 6.87. The molecule has 0 saturated heterocycles. The van der Waals surface area contributed by atoms with Crippen LogP contribution >= 0.6 is 11.3 Å².